The molecule has 1 saturated heterocycles. The maximum absolute atomic E-state index is 8.66. The Kier molecular flexibility index (Phi) is 4.45. The number of nitrogens with zero attached hydrogens (tertiary/aromatic N) is 3. The first kappa shape index (κ1) is 12.2. The van der Waals surface area contributed by atoms with Crippen LogP contribution in [-0.2, 0) is 0 Å². The van der Waals surface area contributed by atoms with Crippen LogP contribution in [0.4, 0.5) is 0 Å². The molecule has 1 aliphatic carbocycles. The second-order valence-electron chi connectivity index (χ2n) is 4.45. The van der Waals surface area contributed by atoms with Crippen LogP contribution in [0.15, 0.2) is 0 Å². The summed E-state index contributed by atoms with van der Waals surface area (Å²) in [4.78, 5) is 4.65. The van der Waals surface area contributed by atoms with Crippen molar-refractivity contribution in [1.29, 1.82) is 5.26 Å². The van der Waals surface area contributed by atoms with Crippen molar-refractivity contribution in [3.8, 4) is 6.07 Å². The number of nitriles is 1. The molecule has 88 valence electrons. The molecule has 0 unspecified atom stereocenters. The van der Waals surface area contributed by atoms with E-state index in [2.05, 4.69) is 15.9 Å². The average molecular weight is 255 g/mol. The summed E-state index contributed by atoms with van der Waals surface area (Å²) < 4.78 is 1.03. The van der Waals surface area contributed by atoms with Gasteiger partial charge in [0.25, 0.3) is 0 Å². The molecule has 5 heteroatoms. The van der Waals surface area contributed by atoms with Crippen LogP contribution in [0.1, 0.15) is 19.3 Å². The first-order chi connectivity index (χ1) is 7.79. The highest BCUT2D eigenvalue weighted by molar-refractivity contribution is 8.23. The molecule has 0 aromatic heterocycles. The minimum Gasteiger partial charge on any atom is -0.344 e. The molecule has 0 radical (unpaired) electrons. The summed E-state index contributed by atoms with van der Waals surface area (Å²) in [5.74, 6) is 2.00. The first-order valence-corrected chi connectivity index (χ1v) is 7.20. The van der Waals surface area contributed by atoms with Gasteiger partial charge >= 0.3 is 0 Å². The Morgan fingerprint density at radius 1 is 1.56 bits per heavy atom. The van der Waals surface area contributed by atoms with E-state index >= 15 is 0 Å². The van der Waals surface area contributed by atoms with E-state index in [1.54, 1.807) is 11.8 Å². The van der Waals surface area contributed by atoms with Gasteiger partial charge in [-0.15, -0.1) is 0 Å². The zero-order valence-corrected chi connectivity index (χ0v) is 11.0. The topological polar surface area (TPSA) is 30.3 Å². The van der Waals surface area contributed by atoms with E-state index in [9.17, 15) is 0 Å². The van der Waals surface area contributed by atoms with Gasteiger partial charge in [-0.3, -0.25) is 4.90 Å². The Hall–Kier alpha value is -0.310. The molecule has 0 bridgehead atoms. The van der Waals surface area contributed by atoms with Crippen LogP contribution in [0, 0.1) is 17.2 Å². The monoisotopic (exact) mass is 255 g/mol. The van der Waals surface area contributed by atoms with Gasteiger partial charge in [-0.2, -0.15) is 5.26 Å². The van der Waals surface area contributed by atoms with Gasteiger partial charge in [0.2, 0.25) is 0 Å². The molecule has 2 aliphatic rings. The quantitative estimate of drug-likeness (QED) is 0.677. The zero-order valence-electron chi connectivity index (χ0n) is 9.39. The molecule has 3 nitrogen and oxygen atoms in total. The van der Waals surface area contributed by atoms with Gasteiger partial charge in [-0.1, -0.05) is 24.0 Å². The molecule has 0 spiro atoms. The van der Waals surface area contributed by atoms with Crippen molar-refractivity contribution in [2.75, 3.05) is 32.1 Å². The summed E-state index contributed by atoms with van der Waals surface area (Å²) in [5.41, 5.74) is 0. The molecule has 0 amide bonds. The highest BCUT2D eigenvalue weighted by atomic mass is 32.2. The molecule has 1 saturated carbocycles. The Balaban J connectivity index is 1.80. The largest absolute Gasteiger partial charge is 0.344 e. The SMILES string of the molecule is N#CCCN(CC1CC1)CN1CCSC1=S. The second-order valence-corrected chi connectivity index (χ2v) is 6.18. The van der Waals surface area contributed by atoms with E-state index in [0.29, 0.717) is 6.42 Å². The van der Waals surface area contributed by atoms with Crippen molar-refractivity contribution in [3.63, 3.8) is 0 Å². The first-order valence-electron chi connectivity index (χ1n) is 5.80. The predicted molar refractivity (Wildman–Crippen MR) is 71.2 cm³/mol. The Labute approximate surface area is 107 Å². The molecule has 16 heavy (non-hydrogen) atoms. The van der Waals surface area contributed by atoms with Gasteiger partial charge in [0.15, 0.2) is 0 Å². The van der Waals surface area contributed by atoms with Crippen molar-refractivity contribution in [2.45, 2.75) is 19.3 Å². The Bertz CT molecular complexity index is 296. The van der Waals surface area contributed by atoms with Crippen LogP contribution in [-0.4, -0.2) is 46.2 Å². The number of thiocarbonyl (C=S) groups is 1. The molecule has 2 rings (SSSR count). The van der Waals surface area contributed by atoms with Gasteiger partial charge in [0, 0.05) is 31.8 Å². The van der Waals surface area contributed by atoms with Gasteiger partial charge in [-0.25, -0.2) is 0 Å². The fraction of sp³-hybridized carbons (Fsp3) is 0.818. The zero-order chi connectivity index (χ0) is 11.4. The highest BCUT2D eigenvalue weighted by Crippen LogP contribution is 2.30. The van der Waals surface area contributed by atoms with Crippen LogP contribution < -0.4 is 0 Å². The molecule has 1 heterocycles. The maximum Gasteiger partial charge on any atom is 0.137 e. The summed E-state index contributed by atoms with van der Waals surface area (Å²) in [5, 5.41) is 8.66. The van der Waals surface area contributed by atoms with Crippen molar-refractivity contribution in [1.82, 2.24) is 9.80 Å². The molecule has 0 aromatic rings. The molecule has 0 atom stereocenters. The van der Waals surface area contributed by atoms with E-state index < -0.39 is 0 Å². The van der Waals surface area contributed by atoms with Crippen LogP contribution in [0.2, 0.25) is 0 Å². The van der Waals surface area contributed by atoms with E-state index in [1.807, 2.05) is 0 Å². The standard InChI is InChI=1S/C11H17N3S2/c12-4-1-5-13(8-10-2-3-10)9-14-6-7-16-11(14)15/h10H,1-3,5-9H2. The normalized spacial score (nSPS) is 20.5. The third-order valence-electron chi connectivity index (χ3n) is 2.97. The van der Waals surface area contributed by atoms with Crippen LogP contribution >= 0.6 is 24.0 Å². The minimum atomic E-state index is 0.625. The number of hydrogen-bond donors (Lipinski definition) is 0. The van der Waals surface area contributed by atoms with E-state index in [-0.39, 0.29) is 0 Å². The number of rotatable bonds is 6. The minimum absolute atomic E-state index is 0.625. The Morgan fingerprint density at radius 2 is 2.38 bits per heavy atom. The molecular formula is C11H17N3S2. The van der Waals surface area contributed by atoms with Crippen molar-refractivity contribution in [2.24, 2.45) is 5.92 Å². The van der Waals surface area contributed by atoms with Crippen molar-refractivity contribution < 1.29 is 0 Å². The Morgan fingerprint density at radius 3 is 2.94 bits per heavy atom. The summed E-state index contributed by atoms with van der Waals surface area (Å²) >= 11 is 7.07. The van der Waals surface area contributed by atoms with Gasteiger partial charge in [0.05, 0.1) is 12.7 Å². The van der Waals surface area contributed by atoms with Crippen LogP contribution in [0.3, 0.4) is 0 Å². The van der Waals surface area contributed by atoms with E-state index in [4.69, 9.17) is 17.5 Å². The number of thioether (sulfide) groups is 1. The molecular weight excluding hydrogens is 238 g/mol. The summed E-state index contributed by atoms with van der Waals surface area (Å²) in [6.07, 6.45) is 3.35. The smallest absolute Gasteiger partial charge is 0.137 e. The third-order valence-corrected chi connectivity index (χ3v) is 4.47. The molecule has 0 N–H and O–H groups in total. The lowest BCUT2D eigenvalue weighted by Crippen LogP contribution is -2.39. The molecule has 2 fully saturated rings. The lowest BCUT2D eigenvalue weighted by molar-refractivity contribution is 0.193. The lowest BCUT2D eigenvalue weighted by Gasteiger charge is -2.27. The molecule has 1 aliphatic heterocycles. The lowest BCUT2D eigenvalue weighted by atomic mass is 10.3. The van der Waals surface area contributed by atoms with Gasteiger partial charge < -0.3 is 4.90 Å². The fourth-order valence-electron chi connectivity index (χ4n) is 1.89. The summed E-state index contributed by atoms with van der Waals surface area (Å²) in [6.45, 7) is 4.02. The third kappa shape index (κ3) is 3.62. The van der Waals surface area contributed by atoms with Crippen LogP contribution in [0.25, 0.3) is 0 Å². The summed E-state index contributed by atoms with van der Waals surface area (Å²) in [7, 11) is 0. The fourth-order valence-corrected chi connectivity index (χ4v) is 3.11. The van der Waals surface area contributed by atoms with Crippen LogP contribution in [0.5, 0.6) is 0 Å². The predicted octanol–water partition coefficient (Wildman–Crippen LogP) is 1.90. The maximum atomic E-state index is 8.66. The van der Waals surface area contributed by atoms with Crippen molar-refractivity contribution >= 4 is 28.3 Å². The van der Waals surface area contributed by atoms with Crippen molar-refractivity contribution in [3.05, 3.63) is 0 Å². The van der Waals surface area contributed by atoms with E-state index in [0.717, 1.165) is 42.3 Å². The summed E-state index contributed by atoms with van der Waals surface area (Å²) in [6, 6.07) is 2.23. The average Bonchev–Trinajstić information content (AvgIpc) is 3.00. The number of hydrogen-bond acceptors (Lipinski definition) is 4. The van der Waals surface area contributed by atoms with Gasteiger partial charge in [-0.05, 0) is 18.8 Å². The highest BCUT2D eigenvalue weighted by Gasteiger charge is 2.26. The van der Waals surface area contributed by atoms with Gasteiger partial charge in [0.1, 0.15) is 4.32 Å². The molecule has 0 aromatic carbocycles. The second kappa shape index (κ2) is 5.85. The van der Waals surface area contributed by atoms with E-state index in [1.165, 1.54) is 12.8 Å².